The summed E-state index contributed by atoms with van der Waals surface area (Å²) in [7, 11) is 1.55. The fourth-order valence-electron chi connectivity index (χ4n) is 4.79. The molecule has 0 bridgehead atoms. The minimum atomic E-state index is -1.82. The molecule has 0 saturated heterocycles. The van der Waals surface area contributed by atoms with Crippen molar-refractivity contribution in [2.24, 2.45) is 4.99 Å². The molecule has 0 spiro atoms. The summed E-state index contributed by atoms with van der Waals surface area (Å²) in [6.07, 6.45) is 4.41. The molecule has 0 radical (unpaired) electrons. The number of aromatic nitrogens is 1. The van der Waals surface area contributed by atoms with Gasteiger partial charge in [0.05, 0.1) is 27.4 Å². The van der Waals surface area contributed by atoms with E-state index in [1.54, 1.807) is 14.2 Å². The number of aryl methyl sites for hydroxylation is 2. The van der Waals surface area contributed by atoms with Crippen LogP contribution < -0.4 is 9.47 Å². The second kappa shape index (κ2) is 10.4. The Morgan fingerprint density at radius 1 is 1.00 bits per heavy atom. The van der Waals surface area contributed by atoms with Crippen LogP contribution in [0.25, 0.3) is 10.9 Å². The third kappa shape index (κ3) is 5.25. The van der Waals surface area contributed by atoms with Gasteiger partial charge in [-0.05, 0) is 85.6 Å². The number of rotatable bonds is 7. The molecule has 0 amide bonds. The highest BCUT2D eigenvalue weighted by molar-refractivity contribution is 6.74. The van der Waals surface area contributed by atoms with Crippen LogP contribution in [0.15, 0.2) is 35.3 Å². The van der Waals surface area contributed by atoms with E-state index in [1.807, 2.05) is 18.2 Å². The van der Waals surface area contributed by atoms with E-state index in [0.717, 1.165) is 36.3 Å². The predicted molar refractivity (Wildman–Crippen MR) is 152 cm³/mol. The Balaban J connectivity index is 1.67. The quantitative estimate of drug-likeness (QED) is 0.263. The van der Waals surface area contributed by atoms with Crippen molar-refractivity contribution in [3.05, 3.63) is 58.3 Å². The summed E-state index contributed by atoms with van der Waals surface area (Å²) in [5.41, 5.74) is 8.72. The lowest BCUT2D eigenvalue weighted by atomic mass is 9.95. The fraction of sp³-hybridized carbons (Fsp3) is 0.500. The number of benzene rings is 2. The molecule has 2 aromatic carbocycles. The number of nitrogens with zero attached hydrogens (tertiary/aromatic N) is 1. The zero-order valence-corrected chi connectivity index (χ0v) is 24.3. The summed E-state index contributed by atoms with van der Waals surface area (Å²) in [5.74, 6) is 1.61. The normalized spacial score (nSPS) is 15.7. The fourth-order valence-corrected chi connectivity index (χ4v) is 5.73. The molecule has 1 heterocycles. The van der Waals surface area contributed by atoms with E-state index in [0.29, 0.717) is 13.2 Å². The average molecular weight is 507 g/mol. The molecule has 36 heavy (non-hydrogen) atoms. The number of aromatic amines is 1. The van der Waals surface area contributed by atoms with Gasteiger partial charge in [-0.25, -0.2) is 0 Å². The second-order valence-electron chi connectivity index (χ2n) is 11.4. The van der Waals surface area contributed by atoms with Gasteiger partial charge in [-0.15, -0.1) is 0 Å². The lowest BCUT2D eigenvalue weighted by Gasteiger charge is -2.36. The molecule has 1 aliphatic rings. The Labute approximate surface area is 217 Å². The largest absolute Gasteiger partial charge is 0.497 e. The Kier molecular flexibility index (Phi) is 7.67. The van der Waals surface area contributed by atoms with Gasteiger partial charge in [0.25, 0.3) is 0 Å². The summed E-state index contributed by atoms with van der Waals surface area (Å²) >= 11 is 0. The number of hydrogen-bond donors (Lipinski definition) is 1. The molecule has 5 nitrogen and oxygen atoms in total. The number of hydrogen-bond acceptors (Lipinski definition) is 4. The smallest absolute Gasteiger partial charge is 0.192 e. The Bertz CT molecular complexity index is 1270. The Morgan fingerprint density at radius 3 is 2.44 bits per heavy atom. The molecule has 0 aliphatic heterocycles. The molecule has 0 unspecified atom stereocenters. The molecular weight excluding hydrogens is 464 g/mol. The lowest BCUT2D eigenvalue weighted by molar-refractivity contribution is 0.272. The Hall–Kier alpha value is -2.57. The molecule has 0 fully saturated rings. The van der Waals surface area contributed by atoms with Crippen LogP contribution in [0.1, 0.15) is 68.0 Å². The lowest BCUT2D eigenvalue weighted by Crippen LogP contribution is -2.40. The average Bonchev–Trinajstić information content (AvgIpc) is 3.03. The summed E-state index contributed by atoms with van der Waals surface area (Å²) in [4.78, 5) is 8.81. The van der Waals surface area contributed by atoms with Crippen LogP contribution in [-0.4, -0.2) is 33.2 Å². The van der Waals surface area contributed by atoms with Gasteiger partial charge in [-0.3, -0.25) is 4.99 Å². The van der Waals surface area contributed by atoms with Crippen LogP contribution in [-0.2, 0) is 24.0 Å². The third-order valence-electron chi connectivity index (χ3n) is 8.15. The number of nitrogens with one attached hydrogen (secondary N) is 1. The van der Waals surface area contributed by atoms with E-state index in [1.165, 1.54) is 45.4 Å². The van der Waals surface area contributed by atoms with Crippen molar-refractivity contribution in [1.82, 2.24) is 4.98 Å². The molecule has 4 rings (SSSR count). The predicted octanol–water partition coefficient (Wildman–Crippen LogP) is 7.73. The molecule has 1 aliphatic carbocycles. The Morgan fingerprint density at radius 2 is 1.75 bits per heavy atom. The minimum Gasteiger partial charge on any atom is -0.497 e. The van der Waals surface area contributed by atoms with E-state index < -0.39 is 8.32 Å². The monoisotopic (exact) mass is 506 g/mol. The van der Waals surface area contributed by atoms with Crippen molar-refractivity contribution < 1.29 is 13.9 Å². The maximum absolute atomic E-state index is 6.57. The second-order valence-corrected chi connectivity index (χ2v) is 16.2. The first-order valence-electron chi connectivity index (χ1n) is 13.1. The van der Waals surface area contributed by atoms with E-state index in [-0.39, 0.29) is 5.04 Å². The van der Waals surface area contributed by atoms with Gasteiger partial charge >= 0.3 is 0 Å². The molecule has 6 heteroatoms. The van der Waals surface area contributed by atoms with Gasteiger partial charge < -0.3 is 18.9 Å². The number of fused-ring (bicyclic) bond motifs is 3. The number of ether oxygens (including phenoxy) is 2. The van der Waals surface area contributed by atoms with Gasteiger partial charge in [0.1, 0.15) is 11.5 Å². The van der Waals surface area contributed by atoms with Crippen LogP contribution in [0, 0.1) is 6.92 Å². The first kappa shape index (κ1) is 26.5. The van der Waals surface area contributed by atoms with Gasteiger partial charge in [-0.2, -0.15) is 0 Å². The molecular formula is C30H42N2O3Si. The molecule has 1 aromatic heterocycles. The van der Waals surface area contributed by atoms with Gasteiger partial charge in [0.15, 0.2) is 8.32 Å². The molecule has 1 N–H and O–H groups in total. The van der Waals surface area contributed by atoms with Crippen molar-refractivity contribution in [3.63, 3.8) is 0 Å². The number of aliphatic imine (C=N–C) groups is 1. The minimum absolute atomic E-state index is 0.196. The van der Waals surface area contributed by atoms with Crippen molar-refractivity contribution in [1.29, 1.82) is 0 Å². The summed E-state index contributed by atoms with van der Waals surface area (Å²) in [6.45, 7) is 15.0. The highest BCUT2D eigenvalue weighted by atomic mass is 28.4. The molecule has 194 valence electrons. The van der Waals surface area contributed by atoms with Crippen molar-refractivity contribution >= 4 is 24.9 Å². The van der Waals surface area contributed by atoms with E-state index in [2.05, 4.69) is 57.9 Å². The van der Waals surface area contributed by atoms with Gasteiger partial charge in [0.2, 0.25) is 0 Å². The van der Waals surface area contributed by atoms with E-state index >= 15 is 0 Å². The highest BCUT2D eigenvalue weighted by Crippen LogP contribution is 2.38. The maximum Gasteiger partial charge on any atom is 0.192 e. The molecule has 0 saturated carbocycles. The van der Waals surface area contributed by atoms with Crippen LogP contribution >= 0.6 is 0 Å². The first-order valence-corrected chi connectivity index (χ1v) is 16.0. The van der Waals surface area contributed by atoms with Gasteiger partial charge in [-0.1, -0.05) is 26.8 Å². The number of H-pyrrole nitrogens is 1. The van der Waals surface area contributed by atoms with Crippen LogP contribution in [0.2, 0.25) is 18.1 Å². The zero-order chi connectivity index (χ0) is 26.1. The topological polar surface area (TPSA) is 55.8 Å². The van der Waals surface area contributed by atoms with Gasteiger partial charge in [0, 0.05) is 33.9 Å². The van der Waals surface area contributed by atoms with Crippen molar-refractivity contribution in [2.75, 3.05) is 14.2 Å². The maximum atomic E-state index is 6.57. The van der Waals surface area contributed by atoms with Crippen molar-refractivity contribution in [2.45, 2.75) is 84.7 Å². The summed E-state index contributed by atoms with van der Waals surface area (Å²) in [6, 6.07) is 10.4. The SMILES string of the molecule is COc1ccc(CN=C2CCCCc3c2ccc2[nH]c(CO[Si](C)(C)C(C)(C)C)c(C)c32)c(OC)c1. The molecule has 0 atom stereocenters. The summed E-state index contributed by atoms with van der Waals surface area (Å²) < 4.78 is 17.5. The molecule has 3 aromatic rings. The van der Waals surface area contributed by atoms with Crippen LogP contribution in [0.5, 0.6) is 11.5 Å². The first-order chi connectivity index (χ1) is 17.1. The van der Waals surface area contributed by atoms with Crippen molar-refractivity contribution in [3.8, 4) is 11.5 Å². The highest BCUT2D eigenvalue weighted by Gasteiger charge is 2.37. The standard InChI is InChI=1S/C30H42N2O3Si/c1-20-27(19-35-36(7,8)30(2,3)4)32-26-16-15-23-24(29(20)26)11-9-10-12-25(23)31-18-21-13-14-22(33-5)17-28(21)34-6/h13-17,32H,9-12,18-19H2,1-8H3. The van der Waals surface area contributed by atoms with E-state index in [4.69, 9.17) is 18.9 Å². The number of methoxy groups -OCH3 is 2. The van der Waals surface area contributed by atoms with E-state index in [9.17, 15) is 0 Å². The third-order valence-corrected chi connectivity index (χ3v) is 12.6. The zero-order valence-electron chi connectivity index (χ0n) is 23.3. The van der Waals surface area contributed by atoms with Crippen LogP contribution in [0.3, 0.4) is 0 Å². The van der Waals surface area contributed by atoms with Crippen LogP contribution in [0.4, 0.5) is 0 Å². The summed E-state index contributed by atoms with van der Waals surface area (Å²) in [5, 5.41) is 1.56.